The lowest BCUT2D eigenvalue weighted by Crippen LogP contribution is -2.49. The summed E-state index contributed by atoms with van der Waals surface area (Å²) in [5.41, 5.74) is 1.94. The number of nitrogens with one attached hydrogen (secondary N) is 4. The topological polar surface area (TPSA) is 137 Å². The van der Waals surface area contributed by atoms with Crippen LogP contribution in [0.25, 0.3) is 0 Å². The zero-order valence-corrected chi connectivity index (χ0v) is 29.0. The minimum atomic E-state index is -3.73. The molecule has 3 aromatic carbocycles. The van der Waals surface area contributed by atoms with E-state index in [1.54, 1.807) is 26.0 Å². The van der Waals surface area contributed by atoms with Gasteiger partial charge in [0.1, 0.15) is 5.82 Å². The number of allylic oxidation sites excluding steroid dienone is 4. The number of amides is 3. The molecule has 10 nitrogen and oxygen atoms in total. The number of hydrogen-bond acceptors (Lipinski definition) is 6. The smallest absolute Gasteiger partial charge is 0.251 e. The van der Waals surface area contributed by atoms with Crippen LogP contribution in [0.4, 0.5) is 10.1 Å². The van der Waals surface area contributed by atoms with Gasteiger partial charge in [0.25, 0.3) is 11.8 Å². The first kappa shape index (κ1) is 37.0. The molecule has 0 saturated heterocycles. The SMILES string of the molecule is C[C@H](NC[C@H](CC1C=CC=CC1)NC(=O)c1cc(C(=O)N[C@H](C)c2ccc(F)cc2)cc(N(C)S(C)(=O)=O)c1)C(=O)NCc1ccccc1. The van der Waals surface area contributed by atoms with Gasteiger partial charge in [-0.05, 0) is 74.1 Å². The Hall–Kier alpha value is -4.81. The summed E-state index contributed by atoms with van der Waals surface area (Å²) in [5.74, 6) is -1.48. The van der Waals surface area contributed by atoms with Crippen molar-refractivity contribution in [2.75, 3.05) is 24.2 Å². The zero-order valence-electron chi connectivity index (χ0n) is 28.2. The molecule has 12 heteroatoms. The lowest BCUT2D eigenvalue weighted by atomic mass is 9.93. The summed E-state index contributed by atoms with van der Waals surface area (Å²) in [5, 5.41) is 12.1. The van der Waals surface area contributed by atoms with E-state index in [0.29, 0.717) is 18.5 Å². The first-order valence-electron chi connectivity index (χ1n) is 16.1. The number of sulfonamides is 1. The van der Waals surface area contributed by atoms with Crippen LogP contribution in [0.3, 0.4) is 0 Å². The summed E-state index contributed by atoms with van der Waals surface area (Å²) in [6.45, 7) is 4.17. The molecule has 0 radical (unpaired) electrons. The molecule has 3 amide bonds. The Bertz CT molecular complexity index is 1780. The monoisotopic (exact) mass is 689 g/mol. The van der Waals surface area contributed by atoms with Crippen LogP contribution < -0.4 is 25.6 Å². The van der Waals surface area contributed by atoms with Gasteiger partial charge in [-0.2, -0.15) is 0 Å². The van der Waals surface area contributed by atoms with Crippen LogP contribution >= 0.6 is 0 Å². The number of halogens is 1. The van der Waals surface area contributed by atoms with Gasteiger partial charge in [0.2, 0.25) is 15.9 Å². The minimum Gasteiger partial charge on any atom is -0.351 e. The molecule has 0 aromatic heterocycles. The highest BCUT2D eigenvalue weighted by molar-refractivity contribution is 7.92. The molecule has 0 saturated carbocycles. The fourth-order valence-electron chi connectivity index (χ4n) is 5.35. The van der Waals surface area contributed by atoms with E-state index in [0.717, 1.165) is 22.5 Å². The molecule has 260 valence electrons. The number of benzene rings is 3. The molecule has 3 aromatic rings. The van der Waals surface area contributed by atoms with E-state index >= 15 is 0 Å². The van der Waals surface area contributed by atoms with E-state index in [9.17, 15) is 27.2 Å². The largest absolute Gasteiger partial charge is 0.351 e. The normalized spacial score (nSPS) is 15.9. The third kappa shape index (κ3) is 11.1. The Labute approximate surface area is 287 Å². The summed E-state index contributed by atoms with van der Waals surface area (Å²) in [4.78, 5) is 40.1. The molecule has 4 N–H and O–H groups in total. The number of nitrogens with zero attached hydrogens (tertiary/aromatic N) is 1. The molecule has 0 aliphatic heterocycles. The molecule has 0 heterocycles. The van der Waals surface area contributed by atoms with Crippen molar-refractivity contribution in [3.63, 3.8) is 0 Å². The predicted molar refractivity (Wildman–Crippen MR) is 190 cm³/mol. The fraction of sp³-hybridized carbons (Fsp3) is 0.324. The van der Waals surface area contributed by atoms with Crippen LogP contribution in [-0.4, -0.2) is 58.1 Å². The van der Waals surface area contributed by atoms with E-state index in [1.165, 1.54) is 37.4 Å². The Morgan fingerprint density at radius 3 is 2.18 bits per heavy atom. The van der Waals surface area contributed by atoms with Crippen LogP contribution in [0.5, 0.6) is 0 Å². The molecule has 1 aliphatic carbocycles. The molecule has 0 bridgehead atoms. The number of rotatable bonds is 15. The zero-order chi connectivity index (χ0) is 35.6. The molecule has 0 fully saturated rings. The van der Waals surface area contributed by atoms with Crippen LogP contribution in [0.1, 0.15) is 64.6 Å². The molecule has 4 atom stereocenters. The molecule has 4 rings (SSSR count). The quantitative estimate of drug-likeness (QED) is 0.184. The number of carbonyl (C=O) groups is 3. The first-order valence-corrected chi connectivity index (χ1v) is 18.0. The maximum absolute atomic E-state index is 13.8. The third-order valence-electron chi connectivity index (χ3n) is 8.39. The van der Waals surface area contributed by atoms with E-state index in [4.69, 9.17) is 0 Å². The molecular formula is C37H44FN5O5S. The van der Waals surface area contributed by atoms with E-state index in [1.807, 2.05) is 42.5 Å². The van der Waals surface area contributed by atoms with Crippen molar-refractivity contribution in [1.82, 2.24) is 21.3 Å². The molecular weight excluding hydrogens is 646 g/mol. The van der Waals surface area contributed by atoms with Gasteiger partial charge in [-0.15, -0.1) is 0 Å². The van der Waals surface area contributed by atoms with Crippen molar-refractivity contribution >= 4 is 33.4 Å². The Morgan fingerprint density at radius 2 is 1.57 bits per heavy atom. The van der Waals surface area contributed by atoms with Gasteiger partial charge in [0.05, 0.1) is 24.0 Å². The maximum atomic E-state index is 13.8. The van der Waals surface area contributed by atoms with Gasteiger partial charge < -0.3 is 21.3 Å². The average molecular weight is 690 g/mol. The summed E-state index contributed by atoms with van der Waals surface area (Å²) in [7, 11) is -2.39. The highest BCUT2D eigenvalue weighted by Gasteiger charge is 2.24. The lowest BCUT2D eigenvalue weighted by molar-refractivity contribution is -0.122. The van der Waals surface area contributed by atoms with E-state index in [-0.39, 0.29) is 35.2 Å². The van der Waals surface area contributed by atoms with Crippen molar-refractivity contribution < 1.29 is 27.2 Å². The lowest BCUT2D eigenvalue weighted by Gasteiger charge is -2.26. The van der Waals surface area contributed by atoms with Crippen molar-refractivity contribution in [3.05, 3.63) is 125 Å². The van der Waals surface area contributed by atoms with Gasteiger partial charge in [-0.25, -0.2) is 12.8 Å². The molecule has 1 unspecified atom stereocenters. The van der Waals surface area contributed by atoms with Crippen LogP contribution in [-0.2, 0) is 21.4 Å². The summed E-state index contributed by atoms with van der Waals surface area (Å²) < 4.78 is 39.4. The van der Waals surface area contributed by atoms with E-state index < -0.39 is 45.8 Å². The maximum Gasteiger partial charge on any atom is 0.251 e. The Kier molecular flexibility index (Phi) is 12.9. The number of anilines is 1. The van der Waals surface area contributed by atoms with Crippen LogP contribution in [0, 0.1) is 11.7 Å². The van der Waals surface area contributed by atoms with Crippen molar-refractivity contribution in [2.24, 2.45) is 5.92 Å². The molecule has 0 spiro atoms. The van der Waals surface area contributed by atoms with Crippen LogP contribution in [0.15, 0.2) is 97.1 Å². The van der Waals surface area contributed by atoms with Gasteiger partial charge in [0, 0.05) is 37.3 Å². The average Bonchev–Trinajstić information content (AvgIpc) is 3.09. The second kappa shape index (κ2) is 17.0. The van der Waals surface area contributed by atoms with Crippen molar-refractivity contribution in [2.45, 2.75) is 51.4 Å². The third-order valence-corrected chi connectivity index (χ3v) is 9.59. The van der Waals surface area contributed by atoms with Gasteiger partial charge >= 0.3 is 0 Å². The second-order valence-electron chi connectivity index (χ2n) is 12.3. The first-order chi connectivity index (χ1) is 23.3. The molecule has 1 aliphatic rings. The van der Waals surface area contributed by atoms with Gasteiger partial charge in [0.15, 0.2) is 0 Å². The van der Waals surface area contributed by atoms with E-state index in [2.05, 4.69) is 33.4 Å². The van der Waals surface area contributed by atoms with Crippen molar-refractivity contribution in [1.29, 1.82) is 0 Å². The minimum absolute atomic E-state index is 0.0749. The number of hydrogen-bond donors (Lipinski definition) is 4. The van der Waals surface area contributed by atoms with Gasteiger partial charge in [-0.3, -0.25) is 18.7 Å². The summed E-state index contributed by atoms with van der Waals surface area (Å²) in [6, 6.07) is 18.1. The highest BCUT2D eigenvalue weighted by Crippen LogP contribution is 2.23. The fourth-order valence-corrected chi connectivity index (χ4v) is 5.83. The Morgan fingerprint density at radius 1 is 0.918 bits per heavy atom. The summed E-state index contributed by atoms with van der Waals surface area (Å²) in [6.07, 6.45) is 10.4. The predicted octanol–water partition coefficient (Wildman–Crippen LogP) is 4.63. The standard InChI is InChI=1S/C37H44FN5O5S/c1-25(29-15-17-32(38)18-16-29)41-36(45)30-20-31(22-34(21-30)43(3)49(4,47)48)37(46)42-33(19-27-11-7-5-8-12-27)24-39-26(2)35(44)40-23-28-13-9-6-10-14-28/h5-11,13-18,20-22,25-27,33,39H,12,19,23-24H2,1-4H3,(H,40,44)(H,41,45)(H,42,46)/t25-,26+,27?,33+/m1/s1. The molecule has 49 heavy (non-hydrogen) atoms. The van der Waals surface area contributed by atoms with Crippen molar-refractivity contribution in [3.8, 4) is 0 Å². The van der Waals surface area contributed by atoms with Crippen LogP contribution in [0.2, 0.25) is 0 Å². The highest BCUT2D eigenvalue weighted by atomic mass is 32.2. The van der Waals surface area contributed by atoms with Gasteiger partial charge in [-0.1, -0.05) is 66.8 Å². The number of carbonyl (C=O) groups excluding carboxylic acids is 3. The summed E-state index contributed by atoms with van der Waals surface area (Å²) >= 11 is 0. The Balaban J connectivity index is 1.52. The second-order valence-corrected chi connectivity index (χ2v) is 14.3.